The molecule has 3 N–H and O–H groups in total. The van der Waals surface area contributed by atoms with Gasteiger partial charge >= 0.3 is 6.03 Å². The zero-order valence-electron chi connectivity index (χ0n) is 19.5. The summed E-state index contributed by atoms with van der Waals surface area (Å²) in [5, 5.41) is 9.84. The van der Waals surface area contributed by atoms with Gasteiger partial charge in [0.05, 0.1) is 17.2 Å². The van der Waals surface area contributed by atoms with E-state index in [1.165, 1.54) is 18.2 Å². The van der Waals surface area contributed by atoms with Gasteiger partial charge in [0.1, 0.15) is 5.82 Å². The summed E-state index contributed by atoms with van der Waals surface area (Å²) in [4.78, 5) is 23.2. The number of rotatable bonds is 7. The number of aliphatic imine (C=N–C) groups is 1. The van der Waals surface area contributed by atoms with Crippen molar-refractivity contribution in [1.82, 2.24) is 15.2 Å². The van der Waals surface area contributed by atoms with Crippen molar-refractivity contribution in [2.24, 2.45) is 10.9 Å². The van der Waals surface area contributed by atoms with Gasteiger partial charge in [0.25, 0.3) is 0 Å². The first-order chi connectivity index (χ1) is 16.4. The van der Waals surface area contributed by atoms with Crippen LogP contribution < -0.4 is 16.0 Å². The summed E-state index contributed by atoms with van der Waals surface area (Å²) in [5.74, 6) is 0.251. The van der Waals surface area contributed by atoms with Crippen molar-refractivity contribution in [3.63, 3.8) is 0 Å². The second kappa shape index (κ2) is 11.7. The lowest BCUT2D eigenvalue weighted by atomic mass is 10.0. The summed E-state index contributed by atoms with van der Waals surface area (Å²) in [6.07, 6.45) is 7.30. The Kier molecular flexibility index (Phi) is 8.41. The molecule has 1 unspecified atom stereocenters. The molecule has 0 saturated heterocycles. The summed E-state index contributed by atoms with van der Waals surface area (Å²) < 4.78 is 13.4. The van der Waals surface area contributed by atoms with E-state index in [0.29, 0.717) is 24.7 Å². The lowest BCUT2D eigenvalue weighted by molar-refractivity contribution is 0.231. The second-order valence-electron chi connectivity index (χ2n) is 8.01. The van der Waals surface area contributed by atoms with Crippen LogP contribution in [-0.2, 0) is 0 Å². The van der Waals surface area contributed by atoms with Crippen molar-refractivity contribution in [2.75, 3.05) is 23.7 Å². The number of urea groups is 1. The molecule has 0 spiro atoms. The molecule has 1 aromatic heterocycles. The molecule has 3 rings (SSSR count). The van der Waals surface area contributed by atoms with Crippen LogP contribution in [0.3, 0.4) is 0 Å². The lowest BCUT2D eigenvalue weighted by Gasteiger charge is -2.36. The topological polar surface area (TPSA) is 81.7 Å². The minimum absolute atomic E-state index is 0.115. The number of likely N-dealkylation sites (N-methyl/N-ethyl adjacent to an activating group) is 1. The fourth-order valence-corrected chi connectivity index (χ4v) is 3.74. The minimum atomic E-state index is -0.421. The molecule has 176 valence electrons. The molecule has 2 amide bonds. The summed E-state index contributed by atoms with van der Waals surface area (Å²) in [5.41, 5.74) is 2.07. The zero-order valence-corrected chi connectivity index (χ0v) is 19.5. The van der Waals surface area contributed by atoms with E-state index < -0.39 is 11.8 Å². The molecule has 34 heavy (non-hydrogen) atoms. The minimum Gasteiger partial charge on any atom is -0.337 e. The van der Waals surface area contributed by atoms with Crippen molar-refractivity contribution < 1.29 is 9.18 Å². The zero-order chi connectivity index (χ0) is 24.5. The highest BCUT2D eigenvalue weighted by molar-refractivity contribution is 6.02. The second-order valence-corrected chi connectivity index (χ2v) is 8.01. The van der Waals surface area contributed by atoms with Crippen LogP contribution in [0.15, 0.2) is 65.8 Å². The first kappa shape index (κ1) is 24.5. The number of carbonyl (C=O) groups excluding carboxylic acids is 1. The summed E-state index contributed by atoms with van der Waals surface area (Å²) >= 11 is 0. The van der Waals surface area contributed by atoms with E-state index in [-0.39, 0.29) is 12.0 Å². The van der Waals surface area contributed by atoms with Gasteiger partial charge in [0, 0.05) is 36.4 Å². The van der Waals surface area contributed by atoms with E-state index in [1.54, 1.807) is 12.3 Å². The van der Waals surface area contributed by atoms with Crippen LogP contribution in [-0.4, -0.2) is 41.0 Å². The van der Waals surface area contributed by atoms with E-state index in [0.717, 1.165) is 16.6 Å². The third-order valence-electron chi connectivity index (χ3n) is 5.40. The molecule has 8 heteroatoms. The molecule has 0 aliphatic rings. The van der Waals surface area contributed by atoms with E-state index in [2.05, 4.69) is 45.8 Å². The number of halogens is 1. The molecule has 0 saturated carbocycles. The molecule has 1 atom stereocenters. The molecular weight excluding hydrogens is 431 g/mol. The highest BCUT2D eigenvalue weighted by Crippen LogP contribution is 2.22. The van der Waals surface area contributed by atoms with Crippen LogP contribution >= 0.6 is 0 Å². The van der Waals surface area contributed by atoms with Gasteiger partial charge in [0.2, 0.25) is 5.96 Å². The van der Waals surface area contributed by atoms with Crippen molar-refractivity contribution in [3.05, 3.63) is 66.6 Å². The van der Waals surface area contributed by atoms with Crippen LogP contribution in [0, 0.1) is 24.2 Å². The van der Waals surface area contributed by atoms with Gasteiger partial charge in [0.15, 0.2) is 0 Å². The molecule has 2 aromatic carbocycles. The summed E-state index contributed by atoms with van der Waals surface area (Å²) in [6.45, 7) is 7.06. The monoisotopic (exact) mass is 460 g/mol. The predicted octanol–water partition coefficient (Wildman–Crippen LogP) is 4.90. The number of anilines is 2. The molecule has 0 aliphatic heterocycles. The number of terminal acetylenes is 1. The fraction of sp³-hybridized carbons (Fsp3) is 0.269. The van der Waals surface area contributed by atoms with Crippen molar-refractivity contribution >= 4 is 34.3 Å². The Morgan fingerprint density at radius 1 is 1.18 bits per heavy atom. The Balaban J connectivity index is 1.78. The number of nitrogens with one attached hydrogen (secondary N) is 3. The SMILES string of the molecule is C#CN=C(Nc1cccc2ncccc12)N(CC)C(CNC(=O)Nc1cccc(F)c1)C(C)C. The maximum absolute atomic E-state index is 13.4. The van der Waals surface area contributed by atoms with Gasteiger partial charge in [-0.15, -0.1) is 0 Å². The van der Waals surface area contributed by atoms with Gasteiger partial charge in [-0.05, 0) is 55.3 Å². The standard InChI is InChI=1S/C26H29FN6O/c1-5-28-25(32-23-14-8-13-22-21(23)12-9-15-29-22)33(6-2)24(18(3)4)17-30-26(34)31-20-11-7-10-19(27)16-20/h1,7-16,18,24H,6,17H2,2-4H3,(H,28,32)(H2,30,31,34). The maximum Gasteiger partial charge on any atom is 0.319 e. The van der Waals surface area contributed by atoms with Crippen molar-refractivity contribution in [3.8, 4) is 12.5 Å². The van der Waals surface area contributed by atoms with E-state index >= 15 is 0 Å². The Morgan fingerprint density at radius 2 is 1.97 bits per heavy atom. The first-order valence-electron chi connectivity index (χ1n) is 11.1. The van der Waals surface area contributed by atoms with Gasteiger partial charge in [-0.25, -0.2) is 9.18 Å². The van der Waals surface area contributed by atoms with Gasteiger partial charge in [-0.1, -0.05) is 32.4 Å². The normalized spacial score (nSPS) is 12.2. The number of benzene rings is 2. The number of fused-ring (bicyclic) bond motifs is 1. The Hall–Kier alpha value is -4.12. The quantitative estimate of drug-likeness (QED) is 0.266. The van der Waals surface area contributed by atoms with Crippen LogP contribution in [0.4, 0.5) is 20.6 Å². The molecule has 0 aliphatic carbocycles. The number of hydrogen-bond acceptors (Lipinski definition) is 3. The van der Waals surface area contributed by atoms with E-state index in [4.69, 9.17) is 6.42 Å². The number of hydrogen-bond donors (Lipinski definition) is 3. The molecule has 0 radical (unpaired) electrons. The average Bonchev–Trinajstić information content (AvgIpc) is 2.81. The third-order valence-corrected chi connectivity index (χ3v) is 5.40. The van der Waals surface area contributed by atoms with E-state index in [1.807, 2.05) is 42.2 Å². The molecular formula is C26H29FN6O. The highest BCUT2D eigenvalue weighted by Gasteiger charge is 2.25. The van der Waals surface area contributed by atoms with Crippen LogP contribution in [0.1, 0.15) is 20.8 Å². The Morgan fingerprint density at radius 3 is 2.68 bits per heavy atom. The summed E-state index contributed by atoms with van der Waals surface area (Å²) in [6, 6.07) is 17.2. The first-order valence-corrected chi connectivity index (χ1v) is 11.1. The van der Waals surface area contributed by atoms with Crippen LogP contribution in [0.2, 0.25) is 0 Å². The molecule has 0 bridgehead atoms. The fourth-order valence-electron chi connectivity index (χ4n) is 3.74. The number of guanidine groups is 1. The summed E-state index contributed by atoms with van der Waals surface area (Å²) in [7, 11) is 0. The Labute approximate surface area is 199 Å². The number of carbonyl (C=O) groups is 1. The van der Waals surface area contributed by atoms with E-state index in [9.17, 15) is 9.18 Å². The van der Waals surface area contributed by atoms with Gasteiger partial charge in [-0.3, -0.25) is 4.98 Å². The lowest BCUT2D eigenvalue weighted by Crippen LogP contribution is -2.52. The average molecular weight is 461 g/mol. The predicted molar refractivity (Wildman–Crippen MR) is 136 cm³/mol. The van der Waals surface area contributed by atoms with Crippen molar-refractivity contribution in [1.29, 1.82) is 0 Å². The molecule has 7 nitrogen and oxygen atoms in total. The number of pyridine rings is 1. The largest absolute Gasteiger partial charge is 0.337 e. The van der Waals surface area contributed by atoms with Gasteiger partial charge in [-0.2, -0.15) is 4.99 Å². The smallest absolute Gasteiger partial charge is 0.319 e. The molecule has 3 aromatic rings. The van der Waals surface area contributed by atoms with Gasteiger partial charge < -0.3 is 20.9 Å². The number of amides is 2. The molecule has 0 fully saturated rings. The maximum atomic E-state index is 13.4. The number of aromatic nitrogens is 1. The molecule has 1 heterocycles. The number of nitrogens with zero attached hydrogens (tertiary/aromatic N) is 3. The highest BCUT2D eigenvalue weighted by atomic mass is 19.1. The van der Waals surface area contributed by atoms with Crippen LogP contribution in [0.25, 0.3) is 10.9 Å². The van der Waals surface area contributed by atoms with Crippen LogP contribution in [0.5, 0.6) is 0 Å². The van der Waals surface area contributed by atoms with Crippen molar-refractivity contribution in [2.45, 2.75) is 26.8 Å². The third kappa shape index (κ3) is 6.23. The Bertz CT molecular complexity index is 1200.